The molecule has 4 rings (SSSR count). The average Bonchev–Trinajstić information content (AvgIpc) is 3.14. The Morgan fingerprint density at radius 3 is 1.94 bits per heavy atom. The Bertz CT molecular complexity index is 1300. The van der Waals surface area contributed by atoms with E-state index >= 15 is 0 Å². The summed E-state index contributed by atoms with van der Waals surface area (Å²) in [7, 11) is 0. The van der Waals surface area contributed by atoms with Crippen LogP contribution in [0.2, 0.25) is 5.02 Å². The van der Waals surface area contributed by atoms with Crippen molar-refractivity contribution in [2.24, 2.45) is 0 Å². The summed E-state index contributed by atoms with van der Waals surface area (Å²) in [4.78, 5) is 2.33. The molecule has 0 bridgehead atoms. The van der Waals surface area contributed by atoms with Crippen LogP contribution in [-0.4, -0.2) is 0 Å². The maximum Gasteiger partial charge on any atom is 0.0676 e. The minimum atomic E-state index is 0.0875. The third-order valence-electron chi connectivity index (χ3n) is 6.27. The van der Waals surface area contributed by atoms with E-state index in [1.165, 1.54) is 32.5 Å². The zero-order valence-corrected chi connectivity index (χ0v) is 22.6. The second-order valence-corrected chi connectivity index (χ2v) is 12.4. The van der Waals surface area contributed by atoms with Gasteiger partial charge in [-0.25, -0.2) is 0 Å². The van der Waals surface area contributed by atoms with Crippen LogP contribution in [0.1, 0.15) is 63.8 Å². The fourth-order valence-electron chi connectivity index (χ4n) is 4.26. The van der Waals surface area contributed by atoms with E-state index in [1.54, 1.807) is 11.3 Å². The molecule has 0 aliphatic rings. The SMILES string of the molecule is Cc1cc(C)c(Cl)c(N(c2ccc(C(C)(C)C)cc2)c2csc3ccc(C(C)(C)C)cc23)c1. The monoisotopic (exact) mass is 475 g/mol. The molecule has 0 unspecified atom stereocenters. The minimum absolute atomic E-state index is 0.0875. The molecule has 3 heteroatoms. The van der Waals surface area contributed by atoms with Crippen LogP contribution in [0.4, 0.5) is 17.1 Å². The van der Waals surface area contributed by atoms with E-state index in [1.807, 2.05) is 0 Å². The third kappa shape index (κ3) is 4.69. The van der Waals surface area contributed by atoms with E-state index < -0.39 is 0 Å². The first-order chi connectivity index (χ1) is 15.4. The number of benzene rings is 3. The molecule has 0 atom stereocenters. The summed E-state index contributed by atoms with van der Waals surface area (Å²) in [5.74, 6) is 0. The molecular weight excluding hydrogens is 442 g/mol. The van der Waals surface area contributed by atoms with Crippen LogP contribution >= 0.6 is 22.9 Å². The van der Waals surface area contributed by atoms with Crippen molar-refractivity contribution in [2.75, 3.05) is 4.90 Å². The molecule has 172 valence electrons. The highest BCUT2D eigenvalue weighted by molar-refractivity contribution is 7.17. The summed E-state index contributed by atoms with van der Waals surface area (Å²) in [6.45, 7) is 17.8. The van der Waals surface area contributed by atoms with Crippen LogP contribution < -0.4 is 4.90 Å². The highest BCUT2D eigenvalue weighted by atomic mass is 35.5. The Hall–Kier alpha value is -2.29. The van der Waals surface area contributed by atoms with Gasteiger partial charge in [-0.1, -0.05) is 77.4 Å². The molecule has 0 N–H and O–H groups in total. The Balaban J connectivity index is 1.98. The van der Waals surface area contributed by atoms with Gasteiger partial charge in [0.1, 0.15) is 0 Å². The summed E-state index contributed by atoms with van der Waals surface area (Å²) in [5, 5.41) is 4.33. The van der Waals surface area contributed by atoms with Gasteiger partial charge in [-0.05, 0) is 77.3 Å². The predicted molar refractivity (Wildman–Crippen MR) is 148 cm³/mol. The van der Waals surface area contributed by atoms with Gasteiger partial charge in [-0.15, -0.1) is 11.3 Å². The zero-order valence-electron chi connectivity index (χ0n) is 21.0. The Labute approximate surface area is 208 Å². The van der Waals surface area contributed by atoms with Crippen LogP contribution in [0.15, 0.2) is 60.0 Å². The molecule has 0 spiro atoms. The van der Waals surface area contributed by atoms with E-state index in [2.05, 4.69) is 120 Å². The fraction of sp³-hybridized carbons (Fsp3) is 0.333. The van der Waals surface area contributed by atoms with Crippen molar-refractivity contribution in [3.63, 3.8) is 0 Å². The summed E-state index contributed by atoms with van der Waals surface area (Å²) >= 11 is 8.74. The van der Waals surface area contributed by atoms with Crippen LogP contribution in [-0.2, 0) is 10.8 Å². The number of anilines is 3. The van der Waals surface area contributed by atoms with E-state index in [0.717, 1.165) is 22.0 Å². The first-order valence-electron chi connectivity index (χ1n) is 11.6. The molecule has 1 nitrogen and oxygen atoms in total. The first kappa shape index (κ1) is 23.9. The predicted octanol–water partition coefficient (Wildman–Crippen LogP) is 10.2. The van der Waals surface area contributed by atoms with Gasteiger partial charge in [0.2, 0.25) is 0 Å². The van der Waals surface area contributed by atoms with Gasteiger partial charge < -0.3 is 4.90 Å². The quantitative estimate of drug-likeness (QED) is 0.284. The second kappa shape index (κ2) is 8.49. The lowest BCUT2D eigenvalue weighted by atomic mass is 9.86. The number of rotatable bonds is 3. The minimum Gasteiger partial charge on any atom is -0.308 e. The van der Waals surface area contributed by atoms with Crippen molar-refractivity contribution in [2.45, 2.75) is 66.2 Å². The molecule has 0 saturated heterocycles. The summed E-state index contributed by atoms with van der Waals surface area (Å²) in [6.07, 6.45) is 0. The van der Waals surface area contributed by atoms with Crippen molar-refractivity contribution in [1.29, 1.82) is 0 Å². The van der Waals surface area contributed by atoms with Crippen molar-refractivity contribution in [3.05, 3.63) is 87.3 Å². The van der Waals surface area contributed by atoms with E-state index in [9.17, 15) is 0 Å². The van der Waals surface area contributed by atoms with Gasteiger partial charge in [0.15, 0.2) is 0 Å². The van der Waals surface area contributed by atoms with Gasteiger partial charge in [0.05, 0.1) is 16.4 Å². The van der Waals surface area contributed by atoms with Gasteiger partial charge in [-0.3, -0.25) is 0 Å². The van der Waals surface area contributed by atoms with Gasteiger partial charge >= 0.3 is 0 Å². The van der Waals surface area contributed by atoms with E-state index in [-0.39, 0.29) is 10.8 Å². The lowest BCUT2D eigenvalue weighted by molar-refractivity contribution is 0.590. The number of thiophene rings is 1. The number of fused-ring (bicyclic) bond motifs is 1. The van der Waals surface area contributed by atoms with Gasteiger partial charge in [-0.2, -0.15) is 0 Å². The molecule has 1 aromatic heterocycles. The molecule has 0 amide bonds. The van der Waals surface area contributed by atoms with Crippen molar-refractivity contribution in [3.8, 4) is 0 Å². The topological polar surface area (TPSA) is 3.24 Å². The first-order valence-corrected chi connectivity index (χ1v) is 12.8. The van der Waals surface area contributed by atoms with Crippen LogP contribution in [0.5, 0.6) is 0 Å². The largest absolute Gasteiger partial charge is 0.308 e. The summed E-state index contributed by atoms with van der Waals surface area (Å²) < 4.78 is 1.29. The molecule has 0 saturated carbocycles. The Morgan fingerprint density at radius 2 is 1.33 bits per heavy atom. The maximum atomic E-state index is 6.95. The van der Waals surface area contributed by atoms with E-state index in [0.29, 0.717) is 0 Å². The lowest BCUT2D eigenvalue weighted by Crippen LogP contribution is -2.14. The van der Waals surface area contributed by atoms with Gasteiger partial charge in [0, 0.05) is 21.2 Å². The summed E-state index contributed by atoms with van der Waals surface area (Å²) in [6, 6.07) is 20.2. The van der Waals surface area contributed by atoms with Crippen molar-refractivity contribution >= 4 is 50.1 Å². The second-order valence-electron chi connectivity index (χ2n) is 11.1. The van der Waals surface area contributed by atoms with Crippen LogP contribution in [0, 0.1) is 13.8 Å². The van der Waals surface area contributed by atoms with Gasteiger partial charge in [0.25, 0.3) is 0 Å². The normalized spacial score (nSPS) is 12.4. The molecule has 0 aliphatic heterocycles. The van der Waals surface area contributed by atoms with Crippen molar-refractivity contribution < 1.29 is 0 Å². The molecule has 33 heavy (non-hydrogen) atoms. The third-order valence-corrected chi connectivity index (χ3v) is 7.71. The number of hydrogen-bond donors (Lipinski definition) is 0. The summed E-state index contributed by atoms with van der Waals surface area (Å²) in [5.41, 5.74) is 8.48. The number of aryl methyl sites for hydroxylation is 2. The molecular formula is C30H34ClNS. The number of nitrogens with zero attached hydrogens (tertiary/aromatic N) is 1. The zero-order chi connectivity index (χ0) is 24.1. The number of hydrogen-bond acceptors (Lipinski definition) is 2. The molecule has 1 heterocycles. The van der Waals surface area contributed by atoms with Crippen LogP contribution in [0.3, 0.4) is 0 Å². The fourth-order valence-corrected chi connectivity index (χ4v) is 5.37. The lowest BCUT2D eigenvalue weighted by Gasteiger charge is -2.28. The van der Waals surface area contributed by atoms with E-state index in [4.69, 9.17) is 11.6 Å². The smallest absolute Gasteiger partial charge is 0.0676 e. The molecule has 3 aromatic carbocycles. The highest BCUT2D eigenvalue weighted by Crippen LogP contribution is 2.46. The molecule has 0 aliphatic carbocycles. The molecule has 0 radical (unpaired) electrons. The Kier molecular flexibility index (Phi) is 6.14. The average molecular weight is 476 g/mol. The number of halogens is 1. The molecule has 0 fully saturated rings. The maximum absolute atomic E-state index is 6.95. The van der Waals surface area contributed by atoms with Crippen LogP contribution in [0.25, 0.3) is 10.1 Å². The highest BCUT2D eigenvalue weighted by Gasteiger charge is 2.23. The Morgan fingerprint density at radius 1 is 0.727 bits per heavy atom. The van der Waals surface area contributed by atoms with Crippen molar-refractivity contribution in [1.82, 2.24) is 0 Å². The standard InChI is InChI=1S/C30H34ClNS/c1-19-15-20(2)28(31)25(16-19)32(23-12-9-21(10-13-23)29(3,4)5)26-18-33-27-14-11-22(17-24(26)27)30(6,7)8/h9-18H,1-8H3. The molecule has 4 aromatic rings.